The van der Waals surface area contributed by atoms with E-state index < -0.39 is 0 Å². The minimum absolute atomic E-state index is 1.32. The molecule has 0 spiro atoms. The molecule has 0 saturated carbocycles. The lowest BCUT2D eigenvalue weighted by atomic mass is 10.1. The van der Waals surface area contributed by atoms with Gasteiger partial charge in [0.05, 0.1) is 0 Å². The Hall–Kier alpha value is 0.350. The standard InChI is InChI=1S/C15H31S/c1-3-5-7-8-9-10-11-12-13-15-16-14-6-4-2/h15H,3-14H2,1-2H3. The molecule has 0 aliphatic carbocycles. The number of thioether (sulfide) groups is 1. The predicted molar refractivity (Wildman–Crippen MR) is 78.9 cm³/mol. The quantitative estimate of drug-likeness (QED) is 0.346. The smallest absolute Gasteiger partial charge is 0.0166 e. The zero-order valence-corrected chi connectivity index (χ0v) is 12.3. The van der Waals surface area contributed by atoms with Crippen LogP contribution >= 0.6 is 11.8 Å². The Morgan fingerprint density at radius 1 is 0.688 bits per heavy atom. The monoisotopic (exact) mass is 243 g/mol. The fraction of sp³-hybridized carbons (Fsp3) is 0.933. The van der Waals surface area contributed by atoms with Crippen LogP contribution < -0.4 is 0 Å². The first kappa shape index (κ1) is 16.4. The van der Waals surface area contributed by atoms with Gasteiger partial charge in [-0.2, -0.15) is 11.8 Å². The van der Waals surface area contributed by atoms with Crippen molar-refractivity contribution in [2.75, 3.05) is 5.75 Å². The van der Waals surface area contributed by atoms with Gasteiger partial charge in [-0.05, 0) is 18.6 Å². The summed E-state index contributed by atoms with van der Waals surface area (Å²) in [4.78, 5) is 0. The van der Waals surface area contributed by atoms with Crippen LogP contribution in [0.1, 0.15) is 84.5 Å². The Balaban J connectivity index is 2.83. The largest absolute Gasteiger partial charge is 0.157 e. The van der Waals surface area contributed by atoms with Gasteiger partial charge >= 0.3 is 0 Å². The summed E-state index contributed by atoms with van der Waals surface area (Å²) in [7, 11) is 0. The highest BCUT2D eigenvalue weighted by molar-refractivity contribution is 8.01. The first-order valence-electron chi connectivity index (χ1n) is 7.35. The maximum atomic E-state index is 2.42. The second kappa shape index (κ2) is 15.4. The van der Waals surface area contributed by atoms with E-state index >= 15 is 0 Å². The molecular formula is C15H31S. The van der Waals surface area contributed by atoms with Crippen molar-refractivity contribution in [2.24, 2.45) is 0 Å². The van der Waals surface area contributed by atoms with E-state index in [0.29, 0.717) is 0 Å². The molecule has 0 unspecified atom stereocenters. The van der Waals surface area contributed by atoms with Gasteiger partial charge < -0.3 is 0 Å². The van der Waals surface area contributed by atoms with E-state index in [1.54, 1.807) is 0 Å². The van der Waals surface area contributed by atoms with Crippen LogP contribution in [0.5, 0.6) is 0 Å². The van der Waals surface area contributed by atoms with Gasteiger partial charge in [0, 0.05) is 5.75 Å². The molecule has 1 heteroatoms. The van der Waals surface area contributed by atoms with Gasteiger partial charge in [0.25, 0.3) is 0 Å². The summed E-state index contributed by atoms with van der Waals surface area (Å²) < 4.78 is 0. The molecule has 16 heavy (non-hydrogen) atoms. The van der Waals surface area contributed by atoms with Crippen molar-refractivity contribution in [3.05, 3.63) is 5.75 Å². The third-order valence-electron chi connectivity index (χ3n) is 2.91. The highest BCUT2D eigenvalue weighted by Gasteiger charge is 1.93. The lowest BCUT2D eigenvalue weighted by Gasteiger charge is -2.02. The number of hydrogen-bond acceptors (Lipinski definition) is 1. The highest BCUT2D eigenvalue weighted by Crippen LogP contribution is 2.15. The van der Waals surface area contributed by atoms with Gasteiger partial charge in [0.1, 0.15) is 0 Å². The van der Waals surface area contributed by atoms with Crippen LogP contribution in [0.3, 0.4) is 0 Å². The van der Waals surface area contributed by atoms with Crippen LogP contribution in [0, 0.1) is 5.75 Å². The summed E-state index contributed by atoms with van der Waals surface area (Å²) in [5.74, 6) is 3.75. The Kier molecular flexibility index (Phi) is 15.7. The van der Waals surface area contributed by atoms with Gasteiger partial charge in [-0.1, -0.05) is 71.6 Å². The lowest BCUT2D eigenvalue weighted by molar-refractivity contribution is 0.576. The molecule has 0 aromatic heterocycles. The van der Waals surface area contributed by atoms with Crippen LogP contribution in [-0.4, -0.2) is 5.75 Å². The van der Waals surface area contributed by atoms with Crippen LogP contribution in [-0.2, 0) is 0 Å². The Bertz CT molecular complexity index is 98.0. The molecule has 0 aromatic rings. The average molecular weight is 243 g/mol. The maximum Gasteiger partial charge on any atom is 0.0166 e. The van der Waals surface area contributed by atoms with Crippen molar-refractivity contribution in [2.45, 2.75) is 84.5 Å². The van der Waals surface area contributed by atoms with Gasteiger partial charge in [0.2, 0.25) is 0 Å². The summed E-state index contributed by atoms with van der Waals surface area (Å²) in [6.45, 7) is 4.55. The van der Waals surface area contributed by atoms with E-state index in [9.17, 15) is 0 Å². The zero-order valence-electron chi connectivity index (χ0n) is 11.5. The van der Waals surface area contributed by atoms with Crippen molar-refractivity contribution in [3.8, 4) is 0 Å². The first-order chi connectivity index (χ1) is 7.91. The van der Waals surface area contributed by atoms with Gasteiger partial charge in [0.15, 0.2) is 0 Å². The topological polar surface area (TPSA) is 0 Å². The molecule has 0 aliphatic heterocycles. The van der Waals surface area contributed by atoms with E-state index in [-0.39, 0.29) is 0 Å². The molecule has 0 bridgehead atoms. The molecule has 1 radical (unpaired) electrons. The van der Waals surface area contributed by atoms with E-state index in [1.807, 2.05) is 11.8 Å². The molecule has 97 valence electrons. The van der Waals surface area contributed by atoms with Crippen molar-refractivity contribution in [1.29, 1.82) is 0 Å². The van der Waals surface area contributed by atoms with Crippen LogP contribution in [0.15, 0.2) is 0 Å². The molecule has 0 aliphatic rings. The summed E-state index contributed by atoms with van der Waals surface area (Å²) >= 11 is 2.03. The molecule has 0 rings (SSSR count). The number of hydrogen-bond donors (Lipinski definition) is 0. The normalized spacial score (nSPS) is 10.9. The molecule has 0 aromatic carbocycles. The maximum absolute atomic E-state index is 2.42. The molecule has 0 fully saturated rings. The average Bonchev–Trinajstić information content (AvgIpc) is 2.31. The van der Waals surface area contributed by atoms with E-state index in [1.165, 1.54) is 76.4 Å². The second-order valence-corrected chi connectivity index (χ2v) is 5.73. The Morgan fingerprint density at radius 3 is 1.88 bits per heavy atom. The van der Waals surface area contributed by atoms with Crippen LogP contribution in [0.2, 0.25) is 0 Å². The molecule has 0 saturated heterocycles. The molecule has 0 nitrogen and oxygen atoms in total. The zero-order chi connectivity index (χ0) is 11.9. The number of unbranched alkanes of at least 4 members (excludes halogenated alkanes) is 9. The molecular weight excluding hydrogens is 212 g/mol. The van der Waals surface area contributed by atoms with Gasteiger partial charge in [-0.25, -0.2) is 0 Å². The Labute approximate surface area is 108 Å². The minimum Gasteiger partial charge on any atom is -0.157 e. The fourth-order valence-electron chi connectivity index (χ4n) is 1.76. The molecule has 0 amide bonds. The summed E-state index contributed by atoms with van der Waals surface area (Å²) in [6.07, 6.45) is 15.5. The van der Waals surface area contributed by atoms with Crippen molar-refractivity contribution >= 4 is 11.8 Å². The fourth-order valence-corrected chi connectivity index (χ4v) is 2.71. The molecule has 0 atom stereocenters. The van der Waals surface area contributed by atoms with Gasteiger partial charge in [-0.15, -0.1) is 0 Å². The molecule has 0 heterocycles. The third-order valence-corrected chi connectivity index (χ3v) is 3.90. The van der Waals surface area contributed by atoms with Crippen molar-refractivity contribution < 1.29 is 0 Å². The summed E-state index contributed by atoms with van der Waals surface area (Å²) in [5.41, 5.74) is 0. The van der Waals surface area contributed by atoms with Crippen molar-refractivity contribution in [1.82, 2.24) is 0 Å². The van der Waals surface area contributed by atoms with E-state index in [0.717, 1.165) is 0 Å². The summed E-state index contributed by atoms with van der Waals surface area (Å²) in [5, 5.41) is 0. The van der Waals surface area contributed by atoms with Crippen LogP contribution in [0.25, 0.3) is 0 Å². The molecule has 0 N–H and O–H groups in total. The minimum atomic E-state index is 1.32. The SMILES string of the molecule is CCCCCCCCCC[CH]SCCCC. The first-order valence-corrected chi connectivity index (χ1v) is 8.40. The summed E-state index contributed by atoms with van der Waals surface area (Å²) in [6, 6.07) is 0. The van der Waals surface area contributed by atoms with Crippen LogP contribution in [0.4, 0.5) is 0 Å². The second-order valence-electron chi connectivity index (χ2n) is 4.65. The highest BCUT2D eigenvalue weighted by atomic mass is 32.2. The van der Waals surface area contributed by atoms with E-state index in [4.69, 9.17) is 0 Å². The number of rotatable bonds is 13. The van der Waals surface area contributed by atoms with Gasteiger partial charge in [-0.3, -0.25) is 0 Å². The Morgan fingerprint density at radius 2 is 1.25 bits per heavy atom. The van der Waals surface area contributed by atoms with Crippen molar-refractivity contribution in [3.63, 3.8) is 0 Å². The predicted octanol–water partition coefficient (Wildman–Crippen LogP) is 6.21. The lowest BCUT2D eigenvalue weighted by Crippen LogP contribution is -1.82. The van der Waals surface area contributed by atoms with E-state index in [2.05, 4.69) is 19.6 Å². The third kappa shape index (κ3) is 14.4.